The standard InChI is InChI=1S/C25H23Cl2N5O6/c1-36-24-22(25(33)29-30-11-14-37-15-12-30)28-31(21-10-9-19(26)16-20(21)27)23(24)18-7-5-17(6-8-18)4-2-3-13-38-32(34)35/h5-10,16H,3,11-15H2,1H3,(H,29,33). The summed E-state index contributed by atoms with van der Waals surface area (Å²) >= 11 is 12.6. The SMILES string of the molecule is COc1c(C(=O)NN2CCOCC2)nn(-c2ccc(Cl)cc2Cl)c1-c1ccc(C#CCCO[N+](=O)[O-])cc1. The van der Waals surface area contributed by atoms with Crippen LogP contribution < -0.4 is 10.2 Å². The van der Waals surface area contributed by atoms with Gasteiger partial charge in [-0.1, -0.05) is 47.2 Å². The molecular weight excluding hydrogens is 537 g/mol. The van der Waals surface area contributed by atoms with Crippen molar-refractivity contribution in [1.29, 1.82) is 0 Å². The molecule has 1 aromatic heterocycles. The third-order valence-electron chi connectivity index (χ3n) is 5.48. The summed E-state index contributed by atoms with van der Waals surface area (Å²) in [5.74, 6) is 5.59. The van der Waals surface area contributed by atoms with Crippen LogP contribution in [0.15, 0.2) is 42.5 Å². The molecule has 1 aliphatic heterocycles. The van der Waals surface area contributed by atoms with Crippen LogP contribution in [-0.4, -0.2) is 65.8 Å². The third kappa shape index (κ3) is 6.54. The fraction of sp³-hybridized carbons (Fsp3) is 0.280. The van der Waals surface area contributed by atoms with Gasteiger partial charge in [0.2, 0.25) is 0 Å². The number of nitrogens with one attached hydrogen (secondary N) is 1. The van der Waals surface area contributed by atoms with Gasteiger partial charge < -0.3 is 14.3 Å². The number of amides is 1. The molecule has 1 amide bonds. The summed E-state index contributed by atoms with van der Waals surface area (Å²) in [7, 11) is 1.46. The highest BCUT2D eigenvalue weighted by atomic mass is 35.5. The van der Waals surface area contributed by atoms with Crippen molar-refractivity contribution in [1.82, 2.24) is 20.2 Å². The number of carbonyl (C=O) groups is 1. The number of methoxy groups -OCH3 is 1. The van der Waals surface area contributed by atoms with Crippen LogP contribution in [0, 0.1) is 22.0 Å². The van der Waals surface area contributed by atoms with E-state index in [0.29, 0.717) is 58.9 Å². The first-order valence-corrected chi connectivity index (χ1v) is 12.3. The molecule has 1 aliphatic rings. The first-order chi connectivity index (χ1) is 18.4. The molecule has 13 heteroatoms. The molecule has 0 bridgehead atoms. The Hall–Kier alpha value is -3.82. The highest BCUT2D eigenvalue weighted by Crippen LogP contribution is 2.37. The second-order valence-corrected chi connectivity index (χ2v) is 8.81. The van der Waals surface area contributed by atoms with E-state index in [-0.39, 0.29) is 24.5 Å². The molecule has 1 N–H and O–H groups in total. The average Bonchev–Trinajstić information content (AvgIpc) is 3.29. The van der Waals surface area contributed by atoms with Crippen LogP contribution in [-0.2, 0) is 9.57 Å². The molecule has 0 unspecified atom stereocenters. The molecule has 38 heavy (non-hydrogen) atoms. The molecule has 2 heterocycles. The number of carbonyl (C=O) groups excluding carboxylic acids is 1. The van der Waals surface area contributed by atoms with Crippen molar-refractivity contribution in [3.63, 3.8) is 0 Å². The van der Waals surface area contributed by atoms with Crippen LogP contribution >= 0.6 is 23.2 Å². The number of halogens is 2. The highest BCUT2D eigenvalue weighted by Gasteiger charge is 2.28. The van der Waals surface area contributed by atoms with Crippen molar-refractivity contribution >= 4 is 29.1 Å². The Morgan fingerprint density at radius 3 is 2.61 bits per heavy atom. The van der Waals surface area contributed by atoms with E-state index in [1.165, 1.54) is 7.11 Å². The molecule has 0 saturated carbocycles. The number of morpholine rings is 1. The normalized spacial score (nSPS) is 13.3. The quantitative estimate of drug-likeness (QED) is 0.191. The number of aromatic nitrogens is 2. The maximum Gasteiger partial charge on any atom is 0.294 e. The molecule has 4 rings (SSSR count). The average molecular weight is 560 g/mol. The summed E-state index contributed by atoms with van der Waals surface area (Å²) in [6, 6.07) is 12.1. The molecule has 1 fully saturated rings. The molecule has 0 aliphatic carbocycles. The van der Waals surface area contributed by atoms with Gasteiger partial charge in [-0.05, 0) is 30.3 Å². The van der Waals surface area contributed by atoms with Crippen molar-refractivity contribution in [2.75, 3.05) is 40.0 Å². The van der Waals surface area contributed by atoms with Crippen LogP contribution in [0.4, 0.5) is 0 Å². The largest absolute Gasteiger partial charge is 0.492 e. The van der Waals surface area contributed by atoms with Crippen molar-refractivity contribution in [2.24, 2.45) is 0 Å². The number of nitrogens with zero attached hydrogens (tertiary/aromatic N) is 4. The number of hydrazine groups is 1. The lowest BCUT2D eigenvalue weighted by Gasteiger charge is -2.26. The minimum absolute atomic E-state index is 0.0784. The second kappa shape index (κ2) is 12.6. The molecule has 1 saturated heterocycles. The summed E-state index contributed by atoms with van der Waals surface area (Å²) in [6.07, 6.45) is 0.208. The molecule has 0 radical (unpaired) electrons. The minimum atomic E-state index is -0.852. The van der Waals surface area contributed by atoms with Crippen molar-refractivity contribution in [3.8, 4) is 34.5 Å². The van der Waals surface area contributed by atoms with E-state index in [4.69, 9.17) is 32.7 Å². The number of benzene rings is 2. The maximum absolute atomic E-state index is 13.3. The van der Waals surface area contributed by atoms with Crippen molar-refractivity contribution in [3.05, 3.63) is 73.9 Å². The topological polar surface area (TPSA) is 121 Å². The fourth-order valence-electron chi connectivity index (χ4n) is 3.75. The number of ether oxygens (including phenoxy) is 2. The summed E-state index contributed by atoms with van der Waals surface area (Å²) < 4.78 is 12.6. The van der Waals surface area contributed by atoms with Gasteiger partial charge in [0.1, 0.15) is 12.3 Å². The van der Waals surface area contributed by atoms with Crippen LogP contribution in [0.25, 0.3) is 16.9 Å². The number of rotatable bonds is 8. The maximum atomic E-state index is 13.3. The van der Waals surface area contributed by atoms with Gasteiger partial charge in [0, 0.05) is 35.7 Å². The first-order valence-electron chi connectivity index (χ1n) is 11.5. The Kier molecular flexibility index (Phi) is 9.04. The van der Waals surface area contributed by atoms with E-state index >= 15 is 0 Å². The predicted molar refractivity (Wildman–Crippen MR) is 140 cm³/mol. The first kappa shape index (κ1) is 27.2. The van der Waals surface area contributed by atoms with Gasteiger partial charge in [-0.15, -0.1) is 10.1 Å². The van der Waals surface area contributed by atoms with E-state index in [1.807, 2.05) is 0 Å². The van der Waals surface area contributed by atoms with E-state index in [1.54, 1.807) is 52.2 Å². The van der Waals surface area contributed by atoms with Crippen molar-refractivity contribution in [2.45, 2.75) is 6.42 Å². The van der Waals surface area contributed by atoms with Gasteiger partial charge in [0.05, 0.1) is 31.0 Å². The Morgan fingerprint density at radius 2 is 1.95 bits per heavy atom. The monoisotopic (exact) mass is 559 g/mol. The zero-order valence-corrected chi connectivity index (χ0v) is 21.8. The van der Waals surface area contributed by atoms with Crippen LogP contribution in [0.2, 0.25) is 10.0 Å². The van der Waals surface area contributed by atoms with Crippen LogP contribution in [0.1, 0.15) is 22.5 Å². The van der Waals surface area contributed by atoms with Gasteiger partial charge in [-0.3, -0.25) is 10.2 Å². The van der Waals surface area contributed by atoms with Crippen LogP contribution in [0.5, 0.6) is 5.75 Å². The van der Waals surface area contributed by atoms with Gasteiger partial charge >= 0.3 is 0 Å². The third-order valence-corrected chi connectivity index (χ3v) is 6.02. The van der Waals surface area contributed by atoms with E-state index in [2.05, 4.69) is 27.2 Å². The summed E-state index contributed by atoms with van der Waals surface area (Å²) in [5.41, 5.74) is 5.32. The summed E-state index contributed by atoms with van der Waals surface area (Å²) in [6.45, 7) is 2.01. The lowest BCUT2D eigenvalue weighted by molar-refractivity contribution is -0.757. The Bertz CT molecular complexity index is 1380. The Balaban J connectivity index is 1.71. The zero-order chi connectivity index (χ0) is 27.1. The Morgan fingerprint density at radius 1 is 1.21 bits per heavy atom. The second-order valence-electron chi connectivity index (χ2n) is 7.96. The van der Waals surface area contributed by atoms with Gasteiger partial charge in [0.15, 0.2) is 11.4 Å². The van der Waals surface area contributed by atoms with Gasteiger partial charge in [-0.25, -0.2) is 9.69 Å². The number of hydrogen-bond acceptors (Lipinski definition) is 8. The Labute approximate surface area is 228 Å². The molecule has 11 nitrogen and oxygen atoms in total. The smallest absolute Gasteiger partial charge is 0.294 e. The molecule has 3 aromatic rings. The fourth-order valence-corrected chi connectivity index (χ4v) is 4.23. The van der Waals surface area contributed by atoms with Crippen molar-refractivity contribution < 1.29 is 24.2 Å². The number of hydrogen-bond donors (Lipinski definition) is 1. The summed E-state index contributed by atoms with van der Waals surface area (Å²) in [4.78, 5) is 27.8. The van der Waals surface area contributed by atoms with Crippen LogP contribution in [0.3, 0.4) is 0 Å². The molecular formula is C25H23Cl2N5O6. The minimum Gasteiger partial charge on any atom is -0.492 e. The molecule has 0 spiro atoms. The lowest BCUT2D eigenvalue weighted by Crippen LogP contribution is -2.48. The molecule has 198 valence electrons. The van der Waals surface area contributed by atoms with E-state index in [9.17, 15) is 14.9 Å². The summed E-state index contributed by atoms with van der Waals surface area (Å²) in [5, 5.41) is 16.5. The lowest BCUT2D eigenvalue weighted by atomic mass is 10.1. The zero-order valence-electron chi connectivity index (χ0n) is 20.3. The highest BCUT2D eigenvalue weighted by molar-refractivity contribution is 6.35. The van der Waals surface area contributed by atoms with Gasteiger partial charge in [0.25, 0.3) is 11.0 Å². The molecule has 2 aromatic carbocycles. The van der Waals surface area contributed by atoms with E-state index < -0.39 is 11.0 Å². The predicted octanol–water partition coefficient (Wildman–Crippen LogP) is 3.78. The van der Waals surface area contributed by atoms with E-state index in [0.717, 1.165) is 0 Å². The van der Waals surface area contributed by atoms with Gasteiger partial charge in [-0.2, -0.15) is 5.10 Å². The molecule has 0 atom stereocenters.